The molecule has 0 saturated heterocycles. The van der Waals surface area contributed by atoms with Gasteiger partial charge in [0, 0.05) is 12.1 Å². The van der Waals surface area contributed by atoms with E-state index >= 15 is 0 Å². The predicted octanol–water partition coefficient (Wildman–Crippen LogP) is -0.0683. The van der Waals surface area contributed by atoms with Crippen molar-refractivity contribution in [2.75, 3.05) is 13.6 Å². The first-order chi connectivity index (χ1) is 7.60. The SMILES string of the molecule is CNCC(O)C(O)c1ccc(CO)c(F)c1. The van der Waals surface area contributed by atoms with E-state index in [1.807, 2.05) is 0 Å². The Hall–Kier alpha value is -1.01. The van der Waals surface area contributed by atoms with E-state index < -0.39 is 18.0 Å². The van der Waals surface area contributed by atoms with Crippen LogP contribution in [0.1, 0.15) is 17.2 Å². The second-order valence-corrected chi connectivity index (χ2v) is 3.58. The number of rotatable bonds is 5. The Labute approximate surface area is 93.4 Å². The first kappa shape index (κ1) is 13.1. The largest absolute Gasteiger partial charge is 0.392 e. The molecule has 0 aliphatic heterocycles. The van der Waals surface area contributed by atoms with Gasteiger partial charge in [-0.05, 0) is 18.7 Å². The summed E-state index contributed by atoms with van der Waals surface area (Å²) in [6.45, 7) is -0.175. The highest BCUT2D eigenvalue weighted by atomic mass is 19.1. The maximum atomic E-state index is 13.3. The van der Waals surface area contributed by atoms with E-state index in [4.69, 9.17) is 5.11 Å². The number of benzene rings is 1. The van der Waals surface area contributed by atoms with Crippen LogP contribution in [0.25, 0.3) is 0 Å². The van der Waals surface area contributed by atoms with Crippen LogP contribution in [-0.2, 0) is 6.61 Å². The quantitative estimate of drug-likeness (QED) is 0.570. The van der Waals surface area contributed by atoms with E-state index in [1.165, 1.54) is 12.1 Å². The molecule has 0 aliphatic rings. The topological polar surface area (TPSA) is 72.7 Å². The monoisotopic (exact) mass is 229 g/mol. The van der Waals surface area contributed by atoms with Crippen LogP contribution < -0.4 is 5.32 Å². The van der Waals surface area contributed by atoms with Gasteiger partial charge in [-0.2, -0.15) is 0 Å². The number of aliphatic hydroxyl groups is 3. The van der Waals surface area contributed by atoms with Crippen molar-refractivity contribution in [3.63, 3.8) is 0 Å². The van der Waals surface area contributed by atoms with Crippen molar-refractivity contribution in [2.45, 2.75) is 18.8 Å². The van der Waals surface area contributed by atoms with Gasteiger partial charge < -0.3 is 20.6 Å². The minimum absolute atomic E-state index is 0.166. The van der Waals surface area contributed by atoms with Crippen molar-refractivity contribution in [3.05, 3.63) is 35.1 Å². The molecule has 0 aromatic heterocycles. The summed E-state index contributed by atoms with van der Waals surface area (Å²) >= 11 is 0. The highest BCUT2D eigenvalue weighted by Gasteiger charge is 2.18. The second kappa shape index (κ2) is 5.91. The maximum absolute atomic E-state index is 13.3. The van der Waals surface area contributed by atoms with Crippen molar-refractivity contribution < 1.29 is 19.7 Å². The molecule has 1 aromatic carbocycles. The Morgan fingerprint density at radius 1 is 1.38 bits per heavy atom. The van der Waals surface area contributed by atoms with Gasteiger partial charge in [0.05, 0.1) is 12.7 Å². The molecule has 1 aromatic rings. The van der Waals surface area contributed by atoms with Crippen LogP contribution in [0, 0.1) is 5.82 Å². The molecule has 0 radical (unpaired) electrons. The Balaban J connectivity index is 2.84. The van der Waals surface area contributed by atoms with E-state index in [2.05, 4.69) is 5.32 Å². The van der Waals surface area contributed by atoms with Crippen LogP contribution in [0.15, 0.2) is 18.2 Å². The van der Waals surface area contributed by atoms with Crippen LogP contribution in [0.3, 0.4) is 0 Å². The summed E-state index contributed by atoms with van der Waals surface area (Å²) in [6.07, 6.45) is -2.14. The van der Waals surface area contributed by atoms with Crippen LogP contribution in [0.4, 0.5) is 4.39 Å². The lowest BCUT2D eigenvalue weighted by Gasteiger charge is -2.18. The fourth-order valence-electron chi connectivity index (χ4n) is 1.42. The first-order valence-electron chi connectivity index (χ1n) is 5.00. The minimum Gasteiger partial charge on any atom is -0.392 e. The zero-order valence-electron chi connectivity index (χ0n) is 9.02. The molecule has 0 fully saturated rings. The molecule has 5 heteroatoms. The van der Waals surface area contributed by atoms with E-state index in [-0.39, 0.29) is 24.3 Å². The number of aliphatic hydroxyl groups excluding tert-OH is 3. The molecule has 0 heterocycles. The zero-order valence-corrected chi connectivity index (χ0v) is 9.02. The molecule has 0 saturated carbocycles. The number of likely N-dealkylation sites (N-methyl/N-ethyl adjacent to an activating group) is 1. The lowest BCUT2D eigenvalue weighted by atomic mass is 10.0. The van der Waals surface area contributed by atoms with Gasteiger partial charge in [0.15, 0.2) is 0 Å². The molecule has 2 unspecified atom stereocenters. The van der Waals surface area contributed by atoms with Gasteiger partial charge in [0.1, 0.15) is 11.9 Å². The van der Waals surface area contributed by atoms with E-state index in [1.54, 1.807) is 7.05 Å². The van der Waals surface area contributed by atoms with Crippen LogP contribution in [0.5, 0.6) is 0 Å². The van der Waals surface area contributed by atoms with Gasteiger partial charge in [-0.15, -0.1) is 0 Å². The van der Waals surface area contributed by atoms with Gasteiger partial charge in [-0.3, -0.25) is 0 Å². The van der Waals surface area contributed by atoms with Crippen molar-refractivity contribution in [3.8, 4) is 0 Å². The number of hydrogen-bond donors (Lipinski definition) is 4. The Bertz CT molecular complexity index is 346. The smallest absolute Gasteiger partial charge is 0.129 e. The molecule has 0 aliphatic carbocycles. The van der Waals surface area contributed by atoms with Crippen LogP contribution >= 0.6 is 0 Å². The molecule has 4 N–H and O–H groups in total. The molecule has 1 rings (SSSR count). The summed E-state index contributed by atoms with van der Waals surface area (Å²) in [4.78, 5) is 0. The summed E-state index contributed by atoms with van der Waals surface area (Å²) in [5.41, 5.74) is 0.455. The normalized spacial score (nSPS) is 14.8. The molecule has 90 valence electrons. The van der Waals surface area contributed by atoms with Crippen molar-refractivity contribution >= 4 is 0 Å². The van der Waals surface area contributed by atoms with Gasteiger partial charge in [-0.1, -0.05) is 12.1 Å². The minimum atomic E-state index is -1.14. The Morgan fingerprint density at radius 2 is 2.06 bits per heavy atom. The molecule has 0 amide bonds. The van der Waals surface area contributed by atoms with Gasteiger partial charge >= 0.3 is 0 Å². The molecule has 4 nitrogen and oxygen atoms in total. The summed E-state index contributed by atoms with van der Waals surface area (Å²) < 4.78 is 13.3. The maximum Gasteiger partial charge on any atom is 0.129 e. The van der Waals surface area contributed by atoms with E-state index in [9.17, 15) is 14.6 Å². The standard InChI is InChI=1S/C11H16FNO3/c1-13-5-10(15)11(16)7-2-3-8(6-14)9(12)4-7/h2-4,10-11,13-16H,5-6H2,1H3. The third-order valence-corrected chi connectivity index (χ3v) is 2.37. The van der Waals surface area contributed by atoms with Crippen LogP contribution in [-0.4, -0.2) is 35.0 Å². The Morgan fingerprint density at radius 3 is 2.56 bits per heavy atom. The molecule has 16 heavy (non-hydrogen) atoms. The fourth-order valence-corrected chi connectivity index (χ4v) is 1.42. The highest BCUT2D eigenvalue weighted by Crippen LogP contribution is 2.19. The fraction of sp³-hybridized carbons (Fsp3) is 0.455. The van der Waals surface area contributed by atoms with Gasteiger partial charge in [0.25, 0.3) is 0 Å². The number of hydrogen-bond acceptors (Lipinski definition) is 4. The lowest BCUT2D eigenvalue weighted by molar-refractivity contribution is 0.0200. The van der Waals surface area contributed by atoms with Gasteiger partial charge in [0.2, 0.25) is 0 Å². The molecule has 0 bridgehead atoms. The number of nitrogens with one attached hydrogen (secondary N) is 1. The van der Waals surface area contributed by atoms with Crippen molar-refractivity contribution in [2.24, 2.45) is 0 Å². The Kier molecular flexibility index (Phi) is 4.82. The summed E-state index contributed by atoms with van der Waals surface area (Å²) in [7, 11) is 1.64. The van der Waals surface area contributed by atoms with E-state index in [0.717, 1.165) is 6.07 Å². The average molecular weight is 229 g/mol. The summed E-state index contributed by atoms with van der Waals surface area (Å²) in [6, 6.07) is 3.99. The first-order valence-corrected chi connectivity index (χ1v) is 5.00. The van der Waals surface area contributed by atoms with Gasteiger partial charge in [-0.25, -0.2) is 4.39 Å². The van der Waals surface area contributed by atoms with Crippen molar-refractivity contribution in [1.82, 2.24) is 5.32 Å². The molecule has 2 atom stereocenters. The van der Waals surface area contributed by atoms with Crippen LogP contribution in [0.2, 0.25) is 0 Å². The predicted molar refractivity (Wildman–Crippen MR) is 57.2 cm³/mol. The highest BCUT2D eigenvalue weighted by molar-refractivity contribution is 5.26. The molecular formula is C11H16FNO3. The number of halogens is 1. The van der Waals surface area contributed by atoms with Crippen molar-refractivity contribution in [1.29, 1.82) is 0 Å². The molecule has 0 spiro atoms. The molecular weight excluding hydrogens is 213 g/mol. The lowest BCUT2D eigenvalue weighted by Crippen LogP contribution is -2.29. The average Bonchev–Trinajstić information content (AvgIpc) is 2.28. The second-order valence-electron chi connectivity index (χ2n) is 3.58. The van der Waals surface area contributed by atoms with E-state index in [0.29, 0.717) is 0 Å². The summed E-state index contributed by atoms with van der Waals surface area (Å²) in [5, 5.41) is 30.7. The zero-order chi connectivity index (χ0) is 12.1. The third kappa shape index (κ3) is 2.99. The third-order valence-electron chi connectivity index (χ3n) is 2.37. The summed E-state index contributed by atoms with van der Waals surface area (Å²) in [5.74, 6) is -0.587.